The predicted molar refractivity (Wildman–Crippen MR) is 92.0 cm³/mol. The molecule has 1 aliphatic heterocycles. The van der Waals surface area contributed by atoms with Gasteiger partial charge < -0.3 is 10.0 Å². The maximum Gasteiger partial charge on any atom is 0.435 e. The normalized spacial score (nSPS) is 15.9. The van der Waals surface area contributed by atoms with Gasteiger partial charge in [-0.3, -0.25) is 9.48 Å². The van der Waals surface area contributed by atoms with Gasteiger partial charge in [0.15, 0.2) is 5.69 Å². The highest BCUT2D eigenvalue weighted by molar-refractivity contribution is 5.85. The molecule has 1 N–H and O–H groups in total. The van der Waals surface area contributed by atoms with Crippen molar-refractivity contribution in [2.75, 3.05) is 13.1 Å². The minimum atomic E-state index is -5.10. The number of carboxylic acids is 1. The van der Waals surface area contributed by atoms with Crippen molar-refractivity contribution in [2.45, 2.75) is 37.7 Å². The summed E-state index contributed by atoms with van der Waals surface area (Å²) in [6.45, 7) is -0.667. The van der Waals surface area contributed by atoms with Crippen molar-refractivity contribution in [3.63, 3.8) is 0 Å². The summed E-state index contributed by atoms with van der Waals surface area (Å²) >= 11 is 0. The quantitative estimate of drug-likeness (QED) is 0.722. The van der Waals surface area contributed by atoms with E-state index in [1.54, 1.807) is 6.07 Å². The number of aromatic carboxylic acids is 1. The molecule has 1 saturated heterocycles. The number of nitrogens with zero attached hydrogens (tertiary/aromatic N) is 4. The van der Waals surface area contributed by atoms with Crippen LogP contribution in [0.1, 0.15) is 46.2 Å². The van der Waals surface area contributed by atoms with Crippen LogP contribution >= 0.6 is 0 Å². The van der Waals surface area contributed by atoms with Crippen molar-refractivity contribution in [1.29, 1.82) is 0 Å². The van der Waals surface area contributed by atoms with Crippen LogP contribution in [0.3, 0.4) is 0 Å². The van der Waals surface area contributed by atoms with E-state index in [1.807, 2.05) is 0 Å². The molecule has 0 spiro atoms. The summed E-state index contributed by atoms with van der Waals surface area (Å²) in [6, 6.07) is 2.94. The van der Waals surface area contributed by atoms with E-state index < -0.39 is 42.2 Å². The van der Waals surface area contributed by atoms with E-state index in [9.17, 15) is 35.9 Å². The zero-order valence-electron chi connectivity index (χ0n) is 15.7. The van der Waals surface area contributed by atoms with Gasteiger partial charge in [0, 0.05) is 25.4 Å². The number of amides is 1. The average molecular weight is 450 g/mol. The molecule has 2 aromatic rings. The van der Waals surface area contributed by atoms with Crippen LogP contribution in [0.5, 0.6) is 0 Å². The smallest absolute Gasteiger partial charge is 0.435 e. The number of aromatic nitrogens is 3. The predicted octanol–water partition coefficient (Wildman–Crippen LogP) is 3.42. The van der Waals surface area contributed by atoms with Gasteiger partial charge in [-0.15, -0.1) is 0 Å². The number of alkyl halides is 6. The first-order valence-corrected chi connectivity index (χ1v) is 9.05. The third-order valence-corrected chi connectivity index (χ3v) is 4.97. The molecule has 13 heteroatoms. The Morgan fingerprint density at radius 1 is 1.06 bits per heavy atom. The number of carbonyl (C=O) groups is 2. The Bertz CT molecular complexity index is 977. The van der Waals surface area contributed by atoms with Crippen LogP contribution in [0.15, 0.2) is 24.4 Å². The summed E-state index contributed by atoms with van der Waals surface area (Å²) in [6.07, 6.45) is -8.01. The fourth-order valence-corrected chi connectivity index (χ4v) is 3.41. The van der Waals surface area contributed by atoms with Gasteiger partial charge in [-0.25, -0.2) is 9.78 Å². The molecule has 1 fully saturated rings. The first-order chi connectivity index (χ1) is 14.4. The number of piperidine rings is 1. The molecule has 3 rings (SSSR count). The second-order valence-electron chi connectivity index (χ2n) is 7.00. The van der Waals surface area contributed by atoms with E-state index >= 15 is 0 Å². The zero-order valence-corrected chi connectivity index (χ0v) is 15.7. The largest absolute Gasteiger partial charge is 0.477 e. The standard InChI is InChI=1S/C18H16F6N4O3/c19-17(20,21)13-8-14(18(22,23)24)28(26-13)9-15(29)27-5-2-10(3-6-27)11-1-4-25-12(7-11)16(30)31/h1,4,7-8,10H,2-3,5-6,9H2,(H,30,31). The molecule has 1 amide bonds. The van der Waals surface area contributed by atoms with E-state index in [-0.39, 0.29) is 35.4 Å². The van der Waals surface area contributed by atoms with Crippen molar-refractivity contribution >= 4 is 11.9 Å². The van der Waals surface area contributed by atoms with Crippen LogP contribution < -0.4 is 0 Å². The molecule has 0 bridgehead atoms. The molecule has 0 aromatic carbocycles. The van der Waals surface area contributed by atoms with Gasteiger partial charge in [0.25, 0.3) is 0 Å². The zero-order chi connectivity index (χ0) is 23.0. The fourth-order valence-electron chi connectivity index (χ4n) is 3.41. The molecule has 2 aromatic heterocycles. The summed E-state index contributed by atoms with van der Waals surface area (Å²) in [5.74, 6) is -2.06. The molecule has 1 aliphatic rings. The Morgan fingerprint density at radius 3 is 2.26 bits per heavy atom. The minimum absolute atomic E-state index is 0.0270. The molecule has 168 valence electrons. The molecule has 31 heavy (non-hydrogen) atoms. The number of carbonyl (C=O) groups excluding carboxylic acids is 1. The molecule has 7 nitrogen and oxygen atoms in total. The van der Waals surface area contributed by atoms with Gasteiger partial charge in [0.05, 0.1) is 0 Å². The summed E-state index contributed by atoms with van der Waals surface area (Å²) in [5.41, 5.74) is -2.80. The Morgan fingerprint density at radius 2 is 1.71 bits per heavy atom. The number of hydrogen-bond acceptors (Lipinski definition) is 4. The van der Waals surface area contributed by atoms with Crippen molar-refractivity contribution in [3.05, 3.63) is 47.0 Å². The van der Waals surface area contributed by atoms with E-state index in [0.717, 1.165) is 0 Å². The Hall–Kier alpha value is -3.12. The van der Waals surface area contributed by atoms with Gasteiger partial charge in [-0.05, 0) is 36.5 Å². The Labute approximate surface area is 171 Å². The molecule has 0 radical (unpaired) electrons. The lowest BCUT2D eigenvalue weighted by Gasteiger charge is -2.32. The van der Waals surface area contributed by atoms with Crippen molar-refractivity contribution in [3.8, 4) is 0 Å². The summed E-state index contributed by atoms with van der Waals surface area (Å²) < 4.78 is 77.5. The number of carboxylic acid groups (broad SMARTS) is 1. The molecule has 0 aliphatic carbocycles. The Kier molecular flexibility index (Phi) is 5.96. The van der Waals surface area contributed by atoms with Crippen LogP contribution in [-0.2, 0) is 23.7 Å². The SMILES string of the molecule is O=C(O)c1cc(C2CCN(C(=O)Cn3nc(C(F)(F)F)cc3C(F)(F)F)CC2)ccn1. The molecule has 0 saturated carbocycles. The van der Waals surface area contributed by atoms with Crippen LogP contribution in [0.25, 0.3) is 0 Å². The number of halogens is 6. The van der Waals surface area contributed by atoms with E-state index in [2.05, 4.69) is 10.1 Å². The number of likely N-dealkylation sites (tertiary alicyclic amines) is 1. The van der Waals surface area contributed by atoms with E-state index in [1.165, 1.54) is 17.2 Å². The number of hydrogen-bond donors (Lipinski definition) is 1. The van der Waals surface area contributed by atoms with Gasteiger partial charge in [-0.2, -0.15) is 31.4 Å². The molecule has 3 heterocycles. The van der Waals surface area contributed by atoms with Gasteiger partial charge in [-0.1, -0.05) is 0 Å². The van der Waals surface area contributed by atoms with Crippen molar-refractivity contribution in [1.82, 2.24) is 19.7 Å². The average Bonchev–Trinajstić information content (AvgIpc) is 3.13. The van der Waals surface area contributed by atoms with E-state index in [4.69, 9.17) is 5.11 Å². The maximum atomic E-state index is 13.1. The first-order valence-electron chi connectivity index (χ1n) is 9.05. The highest BCUT2D eigenvalue weighted by Gasteiger charge is 2.42. The van der Waals surface area contributed by atoms with Crippen molar-refractivity contribution < 1.29 is 41.0 Å². The van der Waals surface area contributed by atoms with Crippen LogP contribution in [0, 0.1) is 0 Å². The fraction of sp³-hybridized carbons (Fsp3) is 0.444. The lowest BCUT2D eigenvalue weighted by atomic mass is 9.89. The minimum Gasteiger partial charge on any atom is -0.477 e. The maximum absolute atomic E-state index is 13.1. The molecule has 0 atom stereocenters. The third-order valence-electron chi connectivity index (χ3n) is 4.97. The summed E-state index contributed by atoms with van der Waals surface area (Å²) in [5, 5.41) is 12.0. The topological polar surface area (TPSA) is 88.3 Å². The first kappa shape index (κ1) is 22.6. The summed E-state index contributed by atoms with van der Waals surface area (Å²) in [4.78, 5) is 28.4. The molecular formula is C18H16F6N4O3. The van der Waals surface area contributed by atoms with Gasteiger partial charge >= 0.3 is 18.3 Å². The van der Waals surface area contributed by atoms with Crippen LogP contribution in [0.4, 0.5) is 26.3 Å². The van der Waals surface area contributed by atoms with Crippen LogP contribution in [-0.4, -0.2) is 49.7 Å². The lowest BCUT2D eigenvalue weighted by Crippen LogP contribution is -2.40. The second kappa shape index (κ2) is 8.19. The van der Waals surface area contributed by atoms with Gasteiger partial charge in [0.2, 0.25) is 5.91 Å². The second-order valence-corrected chi connectivity index (χ2v) is 7.00. The van der Waals surface area contributed by atoms with Crippen LogP contribution in [0.2, 0.25) is 0 Å². The number of rotatable bonds is 4. The lowest BCUT2D eigenvalue weighted by molar-refractivity contribution is -0.146. The number of pyridine rings is 1. The third kappa shape index (κ3) is 5.14. The van der Waals surface area contributed by atoms with Crippen molar-refractivity contribution in [2.24, 2.45) is 0 Å². The highest BCUT2D eigenvalue weighted by atomic mass is 19.4. The molecular weight excluding hydrogens is 434 g/mol. The summed E-state index contributed by atoms with van der Waals surface area (Å²) in [7, 11) is 0. The Balaban J connectivity index is 1.69. The van der Waals surface area contributed by atoms with Gasteiger partial charge in [0.1, 0.15) is 17.9 Å². The highest BCUT2D eigenvalue weighted by Crippen LogP contribution is 2.35. The van der Waals surface area contributed by atoms with E-state index in [0.29, 0.717) is 18.4 Å². The molecule has 0 unspecified atom stereocenters. The monoisotopic (exact) mass is 450 g/mol.